The molecule has 4 atom stereocenters. The van der Waals surface area contributed by atoms with Crippen LogP contribution in [0.25, 0.3) is 0 Å². The Bertz CT molecular complexity index is 723. The monoisotopic (exact) mass is 385 g/mol. The average Bonchev–Trinajstić information content (AvgIpc) is 3.20. The number of likely N-dealkylation sites (tertiary alicyclic amines) is 1. The second-order valence-corrected chi connectivity index (χ2v) is 8.55. The summed E-state index contributed by atoms with van der Waals surface area (Å²) >= 11 is 0. The molecule has 2 aliphatic heterocycles. The van der Waals surface area contributed by atoms with Crippen molar-refractivity contribution in [3.63, 3.8) is 0 Å². The van der Waals surface area contributed by atoms with E-state index in [0.29, 0.717) is 23.8 Å². The van der Waals surface area contributed by atoms with Crippen molar-refractivity contribution in [2.24, 2.45) is 11.8 Å². The molecule has 0 radical (unpaired) electrons. The van der Waals surface area contributed by atoms with Crippen LogP contribution in [0.4, 0.5) is 0 Å². The maximum absolute atomic E-state index is 13.0. The van der Waals surface area contributed by atoms with Crippen LogP contribution in [0.3, 0.4) is 0 Å². The zero-order valence-electron chi connectivity index (χ0n) is 16.7. The fourth-order valence-corrected chi connectivity index (χ4v) is 4.92. The van der Waals surface area contributed by atoms with E-state index in [-0.39, 0.29) is 23.8 Å². The smallest absolute Gasteiger partial charge is 0.241 e. The van der Waals surface area contributed by atoms with Crippen LogP contribution >= 0.6 is 0 Å². The number of piperidine rings is 1. The van der Waals surface area contributed by atoms with Crippen molar-refractivity contribution in [3.8, 4) is 5.75 Å². The summed E-state index contributed by atoms with van der Waals surface area (Å²) in [5.41, 5.74) is 7.01. The standard InChI is InChI=1S/C22H31N3O3/c1-15(26)17-7-4-8-20(11-17)28-14-19-12-21(24-23-19)22(27)25-10-9-16-5-2-3-6-18(16)13-25/h4,7-8,11,16,18-19,21,23-24H,2-3,5-6,9-10,12-14H2,1H3/t16-,18-,19?,21?/m0/s1. The van der Waals surface area contributed by atoms with Crippen LogP contribution in [0.15, 0.2) is 24.3 Å². The van der Waals surface area contributed by atoms with Gasteiger partial charge in [0.2, 0.25) is 5.91 Å². The molecule has 0 spiro atoms. The predicted molar refractivity (Wildman–Crippen MR) is 107 cm³/mol. The maximum Gasteiger partial charge on any atom is 0.241 e. The van der Waals surface area contributed by atoms with Gasteiger partial charge in [0.25, 0.3) is 0 Å². The lowest BCUT2D eigenvalue weighted by atomic mass is 9.75. The highest BCUT2D eigenvalue weighted by Crippen LogP contribution is 2.36. The lowest BCUT2D eigenvalue weighted by Gasteiger charge is -2.42. The number of carbonyl (C=O) groups excluding carboxylic acids is 2. The number of ketones is 1. The van der Waals surface area contributed by atoms with Crippen LogP contribution in [-0.4, -0.2) is 48.4 Å². The number of ether oxygens (including phenoxy) is 1. The van der Waals surface area contributed by atoms with Crippen LogP contribution in [0.1, 0.15) is 55.8 Å². The Kier molecular flexibility index (Phi) is 5.97. The molecule has 1 saturated carbocycles. The number of amides is 1. The van der Waals surface area contributed by atoms with Crippen molar-refractivity contribution < 1.29 is 14.3 Å². The first-order chi connectivity index (χ1) is 13.6. The zero-order chi connectivity index (χ0) is 19.5. The lowest BCUT2D eigenvalue weighted by molar-refractivity contribution is -0.136. The number of nitrogens with one attached hydrogen (secondary N) is 2. The summed E-state index contributed by atoms with van der Waals surface area (Å²) in [5.74, 6) is 2.47. The predicted octanol–water partition coefficient (Wildman–Crippen LogP) is 2.54. The minimum atomic E-state index is -0.183. The van der Waals surface area contributed by atoms with Gasteiger partial charge in [0, 0.05) is 18.7 Å². The molecule has 1 aliphatic carbocycles. The molecule has 2 N–H and O–H groups in total. The molecule has 2 saturated heterocycles. The number of hydrogen-bond acceptors (Lipinski definition) is 5. The summed E-state index contributed by atoms with van der Waals surface area (Å²) < 4.78 is 5.85. The minimum Gasteiger partial charge on any atom is -0.492 e. The van der Waals surface area contributed by atoms with Gasteiger partial charge >= 0.3 is 0 Å². The average molecular weight is 386 g/mol. The third-order valence-corrected chi connectivity index (χ3v) is 6.57. The third-order valence-electron chi connectivity index (χ3n) is 6.57. The molecule has 152 valence electrons. The van der Waals surface area contributed by atoms with Crippen molar-refractivity contribution in [3.05, 3.63) is 29.8 Å². The van der Waals surface area contributed by atoms with Gasteiger partial charge in [0.05, 0.1) is 6.04 Å². The highest BCUT2D eigenvalue weighted by Gasteiger charge is 2.37. The first-order valence-corrected chi connectivity index (χ1v) is 10.6. The normalized spacial score (nSPS) is 30.0. The van der Waals surface area contributed by atoms with Crippen molar-refractivity contribution >= 4 is 11.7 Å². The van der Waals surface area contributed by atoms with Gasteiger partial charge in [-0.05, 0) is 50.2 Å². The minimum absolute atomic E-state index is 0.0264. The number of hydrogen-bond donors (Lipinski definition) is 2. The molecule has 6 nitrogen and oxygen atoms in total. The molecule has 3 fully saturated rings. The van der Waals surface area contributed by atoms with Crippen molar-refractivity contribution in [2.45, 2.75) is 57.5 Å². The molecule has 28 heavy (non-hydrogen) atoms. The Morgan fingerprint density at radius 2 is 1.96 bits per heavy atom. The second kappa shape index (κ2) is 8.62. The van der Waals surface area contributed by atoms with E-state index in [1.165, 1.54) is 25.7 Å². The van der Waals surface area contributed by atoms with Gasteiger partial charge in [-0.15, -0.1) is 0 Å². The summed E-state index contributed by atoms with van der Waals surface area (Å²) in [4.78, 5) is 26.5. The molecule has 4 rings (SSSR count). The number of benzene rings is 1. The molecule has 1 aromatic rings. The number of nitrogens with zero attached hydrogens (tertiary/aromatic N) is 1. The van der Waals surface area contributed by atoms with E-state index < -0.39 is 0 Å². The zero-order valence-corrected chi connectivity index (χ0v) is 16.7. The Labute approximate surface area is 167 Å². The molecule has 1 amide bonds. The maximum atomic E-state index is 13.0. The van der Waals surface area contributed by atoms with Crippen LogP contribution in [0.2, 0.25) is 0 Å². The van der Waals surface area contributed by atoms with E-state index in [1.807, 2.05) is 12.1 Å². The number of carbonyl (C=O) groups is 2. The summed E-state index contributed by atoms with van der Waals surface area (Å²) in [6.07, 6.45) is 7.18. The summed E-state index contributed by atoms with van der Waals surface area (Å²) in [7, 11) is 0. The van der Waals surface area contributed by atoms with E-state index >= 15 is 0 Å². The molecular formula is C22H31N3O3. The first kappa shape index (κ1) is 19.4. The Hall–Kier alpha value is -1.92. The fraction of sp³-hybridized carbons (Fsp3) is 0.636. The van der Waals surface area contributed by atoms with E-state index in [0.717, 1.165) is 31.8 Å². The largest absolute Gasteiger partial charge is 0.492 e. The van der Waals surface area contributed by atoms with Crippen LogP contribution in [-0.2, 0) is 4.79 Å². The van der Waals surface area contributed by atoms with Gasteiger partial charge in [-0.1, -0.05) is 31.4 Å². The highest BCUT2D eigenvalue weighted by molar-refractivity contribution is 5.94. The summed E-state index contributed by atoms with van der Waals surface area (Å²) in [6.45, 7) is 3.84. The van der Waals surface area contributed by atoms with Crippen molar-refractivity contribution in [1.82, 2.24) is 15.8 Å². The molecular weight excluding hydrogens is 354 g/mol. The van der Waals surface area contributed by atoms with Gasteiger partial charge < -0.3 is 9.64 Å². The molecule has 3 aliphatic rings. The van der Waals surface area contributed by atoms with Crippen LogP contribution in [0, 0.1) is 11.8 Å². The van der Waals surface area contributed by atoms with Gasteiger partial charge in [-0.25, -0.2) is 5.43 Å². The van der Waals surface area contributed by atoms with Crippen LogP contribution in [0.5, 0.6) is 5.75 Å². The molecule has 6 heteroatoms. The Balaban J connectivity index is 1.26. The highest BCUT2D eigenvalue weighted by atomic mass is 16.5. The lowest BCUT2D eigenvalue weighted by Crippen LogP contribution is -2.51. The fourth-order valence-electron chi connectivity index (χ4n) is 4.92. The number of fused-ring (bicyclic) bond motifs is 1. The Morgan fingerprint density at radius 1 is 1.14 bits per heavy atom. The first-order valence-electron chi connectivity index (χ1n) is 10.6. The van der Waals surface area contributed by atoms with Crippen LogP contribution < -0.4 is 15.6 Å². The summed E-state index contributed by atoms with van der Waals surface area (Å²) in [5, 5.41) is 0. The second-order valence-electron chi connectivity index (χ2n) is 8.55. The molecule has 0 aromatic heterocycles. The number of rotatable bonds is 5. The van der Waals surface area contributed by atoms with E-state index in [2.05, 4.69) is 15.8 Å². The number of Topliss-reactive ketones (excluding diaryl/α,β-unsaturated/α-hetero) is 1. The molecule has 2 heterocycles. The quantitative estimate of drug-likeness (QED) is 0.763. The Morgan fingerprint density at radius 3 is 2.79 bits per heavy atom. The van der Waals surface area contributed by atoms with E-state index in [9.17, 15) is 9.59 Å². The van der Waals surface area contributed by atoms with Gasteiger partial charge in [0.15, 0.2) is 5.78 Å². The van der Waals surface area contributed by atoms with Gasteiger partial charge in [-0.3, -0.25) is 15.0 Å². The molecule has 1 aromatic carbocycles. The van der Waals surface area contributed by atoms with E-state index in [1.54, 1.807) is 19.1 Å². The van der Waals surface area contributed by atoms with Gasteiger partial charge in [0.1, 0.15) is 18.4 Å². The van der Waals surface area contributed by atoms with Gasteiger partial charge in [-0.2, -0.15) is 0 Å². The topological polar surface area (TPSA) is 70.7 Å². The third kappa shape index (κ3) is 4.39. The van der Waals surface area contributed by atoms with Crippen molar-refractivity contribution in [1.29, 1.82) is 0 Å². The SMILES string of the molecule is CC(=O)c1cccc(OCC2CC(C(=O)N3CC[C@@H]4CCCC[C@H]4C3)NN2)c1. The number of hydrazine groups is 1. The molecule has 0 bridgehead atoms. The molecule has 2 unspecified atom stereocenters. The summed E-state index contributed by atoms with van der Waals surface area (Å²) in [6, 6.07) is 7.12. The van der Waals surface area contributed by atoms with E-state index in [4.69, 9.17) is 4.74 Å². The van der Waals surface area contributed by atoms with Crippen molar-refractivity contribution in [2.75, 3.05) is 19.7 Å².